The quantitative estimate of drug-likeness (QED) is 0.754. The Kier molecular flexibility index (Phi) is 4.19. The van der Waals surface area contributed by atoms with Crippen LogP contribution in [0.4, 0.5) is 0 Å². The highest BCUT2D eigenvalue weighted by molar-refractivity contribution is 5.78. The van der Waals surface area contributed by atoms with Gasteiger partial charge < -0.3 is 9.73 Å². The third-order valence-corrected chi connectivity index (χ3v) is 4.41. The highest BCUT2D eigenvalue weighted by atomic mass is 16.4. The van der Waals surface area contributed by atoms with Crippen molar-refractivity contribution in [2.24, 2.45) is 5.92 Å². The summed E-state index contributed by atoms with van der Waals surface area (Å²) in [5.74, 6) is 1.38. The van der Waals surface area contributed by atoms with Crippen LogP contribution >= 0.6 is 0 Å². The summed E-state index contributed by atoms with van der Waals surface area (Å²) in [6.45, 7) is 1.17. The van der Waals surface area contributed by atoms with Gasteiger partial charge in [0.1, 0.15) is 0 Å². The van der Waals surface area contributed by atoms with Crippen LogP contribution < -0.4 is 5.32 Å². The molecule has 1 unspecified atom stereocenters. The van der Waals surface area contributed by atoms with E-state index in [1.165, 1.54) is 6.39 Å². The molecule has 128 valence electrons. The van der Waals surface area contributed by atoms with Crippen molar-refractivity contribution in [1.29, 1.82) is 0 Å². The van der Waals surface area contributed by atoms with E-state index in [1.54, 1.807) is 4.68 Å². The second-order valence-corrected chi connectivity index (χ2v) is 6.00. The van der Waals surface area contributed by atoms with Gasteiger partial charge in [-0.05, 0) is 41.0 Å². The van der Waals surface area contributed by atoms with Crippen LogP contribution in [-0.4, -0.2) is 36.3 Å². The van der Waals surface area contributed by atoms with Crippen molar-refractivity contribution < 1.29 is 9.21 Å². The molecule has 0 spiro atoms. The van der Waals surface area contributed by atoms with Crippen LogP contribution in [0.3, 0.4) is 0 Å². The number of carbonyl (C=O) groups is 1. The Morgan fingerprint density at radius 3 is 2.92 bits per heavy atom. The lowest BCUT2D eigenvalue weighted by Crippen LogP contribution is -2.30. The van der Waals surface area contributed by atoms with Gasteiger partial charge in [0, 0.05) is 31.0 Å². The summed E-state index contributed by atoms with van der Waals surface area (Å²) in [5, 5.41) is 22.1. The van der Waals surface area contributed by atoms with Crippen LogP contribution in [0, 0.1) is 5.92 Å². The van der Waals surface area contributed by atoms with Crippen LogP contribution in [0.1, 0.15) is 24.2 Å². The molecule has 3 heterocycles. The molecule has 3 aromatic rings. The topological polar surface area (TPSA) is 112 Å². The Bertz CT molecular complexity index is 819. The lowest BCUT2D eigenvalue weighted by Gasteiger charge is -2.14. The second-order valence-electron chi connectivity index (χ2n) is 6.00. The van der Waals surface area contributed by atoms with Gasteiger partial charge in [0.15, 0.2) is 5.82 Å². The molecule has 1 aromatic carbocycles. The second kappa shape index (κ2) is 6.80. The number of nitrogens with one attached hydrogen (secondary N) is 1. The maximum Gasteiger partial charge on any atom is 0.247 e. The van der Waals surface area contributed by atoms with Crippen molar-refractivity contribution in [3.05, 3.63) is 42.0 Å². The van der Waals surface area contributed by atoms with Gasteiger partial charge in [-0.25, -0.2) is 4.68 Å². The Morgan fingerprint density at radius 2 is 2.12 bits per heavy atom. The molecule has 2 aromatic heterocycles. The van der Waals surface area contributed by atoms with Gasteiger partial charge in [-0.15, -0.1) is 15.3 Å². The summed E-state index contributed by atoms with van der Waals surface area (Å²) < 4.78 is 6.94. The zero-order valence-electron chi connectivity index (χ0n) is 13.5. The molecule has 0 fully saturated rings. The van der Waals surface area contributed by atoms with Crippen LogP contribution in [0.2, 0.25) is 0 Å². The number of nitrogens with zero attached hydrogens (tertiary/aromatic N) is 6. The molecule has 1 atom stereocenters. The molecular formula is C16H17N7O2. The molecule has 0 aliphatic carbocycles. The third kappa shape index (κ3) is 3.39. The van der Waals surface area contributed by atoms with Gasteiger partial charge in [0.2, 0.25) is 18.2 Å². The molecule has 1 amide bonds. The van der Waals surface area contributed by atoms with Gasteiger partial charge in [0.05, 0.1) is 0 Å². The maximum absolute atomic E-state index is 12.4. The molecule has 1 aliphatic heterocycles. The number of rotatable bonds is 4. The normalized spacial score (nSPS) is 16.9. The van der Waals surface area contributed by atoms with Crippen LogP contribution in [0.15, 0.2) is 35.1 Å². The Labute approximate surface area is 143 Å². The molecule has 0 radical (unpaired) electrons. The minimum absolute atomic E-state index is 0.0267. The predicted octanol–water partition coefficient (Wildman–Crippen LogP) is 0.992. The number of hydrogen-bond acceptors (Lipinski definition) is 7. The highest BCUT2D eigenvalue weighted by Crippen LogP contribution is 2.19. The number of aromatic nitrogens is 6. The van der Waals surface area contributed by atoms with Gasteiger partial charge >= 0.3 is 0 Å². The van der Waals surface area contributed by atoms with Crippen LogP contribution in [0.25, 0.3) is 11.5 Å². The van der Waals surface area contributed by atoms with E-state index in [0.29, 0.717) is 19.0 Å². The third-order valence-electron chi connectivity index (χ3n) is 4.41. The fraction of sp³-hybridized carbons (Fsp3) is 0.375. The summed E-state index contributed by atoms with van der Waals surface area (Å²) in [4.78, 5) is 12.4. The number of carbonyl (C=O) groups excluding carboxylic acids is 1. The standard InChI is InChI=1S/C16H17N7O2/c24-15(12-5-6-14-19-21-22-23(14)8-7-12)17-9-11-1-3-13(4-2-11)16-20-18-10-25-16/h1-4,10,12H,5-9H2,(H,17,24). The zero-order chi connectivity index (χ0) is 17.1. The largest absolute Gasteiger partial charge is 0.423 e. The molecule has 0 saturated heterocycles. The minimum atomic E-state index is -0.0267. The molecule has 1 N–H and O–H groups in total. The number of amides is 1. The first-order valence-corrected chi connectivity index (χ1v) is 8.18. The molecule has 9 heteroatoms. The molecule has 0 saturated carbocycles. The van der Waals surface area contributed by atoms with Gasteiger partial charge in [-0.1, -0.05) is 12.1 Å². The zero-order valence-corrected chi connectivity index (χ0v) is 13.5. The van der Waals surface area contributed by atoms with Crippen molar-refractivity contribution in [2.45, 2.75) is 32.4 Å². The van der Waals surface area contributed by atoms with E-state index in [1.807, 2.05) is 24.3 Å². The van der Waals surface area contributed by atoms with Crippen molar-refractivity contribution in [1.82, 2.24) is 35.7 Å². The van der Waals surface area contributed by atoms with Crippen molar-refractivity contribution in [3.8, 4) is 11.5 Å². The first kappa shape index (κ1) is 15.4. The molecule has 1 aliphatic rings. The monoisotopic (exact) mass is 339 g/mol. The van der Waals surface area contributed by atoms with Gasteiger partial charge in [-0.2, -0.15) is 0 Å². The van der Waals surface area contributed by atoms with E-state index in [-0.39, 0.29) is 11.8 Å². The van der Waals surface area contributed by atoms with Crippen molar-refractivity contribution >= 4 is 5.91 Å². The highest BCUT2D eigenvalue weighted by Gasteiger charge is 2.23. The van der Waals surface area contributed by atoms with Crippen molar-refractivity contribution in [2.75, 3.05) is 0 Å². The minimum Gasteiger partial charge on any atom is -0.423 e. The fourth-order valence-corrected chi connectivity index (χ4v) is 2.96. The predicted molar refractivity (Wildman–Crippen MR) is 85.8 cm³/mol. The molecule has 4 rings (SSSR count). The van der Waals surface area contributed by atoms with Gasteiger partial charge in [-0.3, -0.25) is 4.79 Å². The van der Waals surface area contributed by atoms with Crippen LogP contribution in [0.5, 0.6) is 0 Å². The van der Waals surface area contributed by atoms with E-state index in [0.717, 1.165) is 36.2 Å². The first-order chi connectivity index (χ1) is 12.3. The van der Waals surface area contributed by atoms with E-state index in [4.69, 9.17) is 4.42 Å². The van der Waals surface area contributed by atoms with E-state index in [2.05, 4.69) is 31.0 Å². The fourth-order valence-electron chi connectivity index (χ4n) is 2.96. The SMILES string of the molecule is O=C(NCc1ccc(-c2nnco2)cc1)C1CCc2nnnn2CC1. The first-order valence-electron chi connectivity index (χ1n) is 8.18. The van der Waals surface area contributed by atoms with Gasteiger partial charge in [0.25, 0.3) is 0 Å². The molecule has 0 bridgehead atoms. The average molecular weight is 339 g/mol. The Balaban J connectivity index is 1.32. The summed E-state index contributed by atoms with van der Waals surface area (Å²) in [6, 6.07) is 7.69. The van der Waals surface area contributed by atoms with E-state index >= 15 is 0 Å². The number of hydrogen-bond donors (Lipinski definition) is 1. The lowest BCUT2D eigenvalue weighted by molar-refractivity contribution is -0.125. The summed E-state index contributed by atoms with van der Waals surface area (Å²) >= 11 is 0. The number of fused-ring (bicyclic) bond motifs is 1. The Morgan fingerprint density at radius 1 is 1.24 bits per heavy atom. The smallest absolute Gasteiger partial charge is 0.247 e. The average Bonchev–Trinajstić information content (AvgIpc) is 3.29. The van der Waals surface area contributed by atoms with E-state index < -0.39 is 0 Å². The maximum atomic E-state index is 12.4. The van der Waals surface area contributed by atoms with Crippen molar-refractivity contribution in [3.63, 3.8) is 0 Å². The summed E-state index contributed by atoms with van der Waals surface area (Å²) in [6.07, 6.45) is 3.54. The summed E-state index contributed by atoms with van der Waals surface area (Å²) in [7, 11) is 0. The lowest BCUT2D eigenvalue weighted by atomic mass is 9.99. The number of tetrazole rings is 1. The summed E-state index contributed by atoms with van der Waals surface area (Å²) in [5.41, 5.74) is 1.87. The van der Waals surface area contributed by atoms with E-state index in [9.17, 15) is 4.79 Å². The van der Waals surface area contributed by atoms with Crippen LogP contribution in [-0.2, 0) is 24.3 Å². The molecule has 25 heavy (non-hydrogen) atoms. The number of benzene rings is 1. The molecule has 9 nitrogen and oxygen atoms in total. The number of aryl methyl sites for hydroxylation is 2. The molecular weight excluding hydrogens is 322 g/mol. The Hall–Kier alpha value is -3.10.